The summed E-state index contributed by atoms with van der Waals surface area (Å²) in [6.45, 7) is 0. The van der Waals surface area contributed by atoms with Crippen LogP contribution in [-0.4, -0.2) is 39.6 Å². The fourth-order valence-corrected chi connectivity index (χ4v) is 8.58. The van der Waals surface area contributed by atoms with Gasteiger partial charge in [-0.05, 0) is 79.8 Å². The SMILES string of the molecule is C#C/C1=C\C(N=Nc2cccc([N+](=O)[O-])c2)=C/CCc2cc(N=Nc3cc([N+](=O)[O-])cc([N+](=O)[O-])c3)cc(c2O)CC2=CC(N=Nc3cc([N+](=O)[O-])cc([N+](=O)[O-])c3)=CC2CC2C=C(N=Nc3cc([N+](=O)[O-])cc([N+](=O)[O-])c3)C=C2C1. The van der Waals surface area contributed by atoms with Crippen LogP contribution in [0.15, 0.2) is 202 Å². The first-order valence-corrected chi connectivity index (χ1v) is 23.5. The molecule has 0 aliphatic heterocycles. The van der Waals surface area contributed by atoms with Gasteiger partial charge >= 0.3 is 0 Å². The van der Waals surface area contributed by atoms with E-state index in [0.717, 1.165) is 54.6 Å². The molecule has 0 spiro atoms. The molecule has 5 aromatic rings. The summed E-state index contributed by atoms with van der Waals surface area (Å²) < 4.78 is 0. The maximum absolute atomic E-state index is 12.1. The highest BCUT2D eigenvalue weighted by molar-refractivity contribution is 5.60. The molecule has 2 atom stereocenters. The van der Waals surface area contributed by atoms with E-state index in [1.165, 1.54) is 42.5 Å². The Kier molecular flexibility index (Phi) is 16.4. The van der Waals surface area contributed by atoms with Gasteiger partial charge in [0.15, 0.2) is 0 Å². The van der Waals surface area contributed by atoms with Gasteiger partial charge in [-0.15, -0.1) is 6.42 Å². The van der Waals surface area contributed by atoms with Crippen molar-refractivity contribution in [3.8, 4) is 18.1 Å². The number of nitro benzene ring substituents is 7. The van der Waals surface area contributed by atoms with E-state index in [2.05, 4.69) is 46.8 Å². The number of fused-ring (bicyclic) bond motifs is 4. The third-order valence-electron chi connectivity index (χ3n) is 12.3. The van der Waals surface area contributed by atoms with Crippen LogP contribution in [0, 0.1) is 95.0 Å². The summed E-state index contributed by atoms with van der Waals surface area (Å²) in [5.74, 6) is 1.23. The molecule has 3 aliphatic rings. The van der Waals surface area contributed by atoms with Crippen LogP contribution in [0.2, 0.25) is 0 Å². The highest BCUT2D eigenvalue weighted by Crippen LogP contribution is 2.43. The number of nitrogens with zero attached hydrogens (tertiary/aromatic N) is 15. The summed E-state index contributed by atoms with van der Waals surface area (Å²) in [5, 5.41) is 127. The minimum Gasteiger partial charge on any atom is -0.507 e. The Morgan fingerprint density at radius 1 is 0.444 bits per heavy atom. The van der Waals surface area contributed by atoms with Crippen LogP contribution in [0.25, 0.3) is 0 Å². The van der Waals surface area contributed by atoms with Gasteiger partial charge in [0.1, 0.15) is 5.75 Å². The van der Waals surface area contributed by atoms with Gasteiger partial charge in [-0.1, -0.05) is 29.2 Å². The number of phenols is 1. The molecule has 81 heavy (non-hydrogen) atoms. The van der Waals surface area contributed by atoms with E-state index in [1.54, 1.807) is 30.4 Å². The van der Waals surface area contributed by atoms with E-state index >= 15 is 0 Å². The zero-order valence-corrected chi connectivity index (χ0v) is 41.3. The maximum Gasteiger partial charge on any atom is 0.278 e. The largest absolute Gasteiger partial charge is 0.507 e. The van der Waals surface area contributed by atoms with Crippen molar-refractivity contribution in [3.05, 3.63) is 243 Å². The molecule has 5 aromatic carbocycles. The first-order valence-electron chi connectivity index (χ1n) is 23.5. The van der Waals surface area contributed by atoms with Gasteiger partial charge in [0.05, 0.1) is 98.2 Å². The van der Waals surface area contributed by atoms with Crippen LogP contribution in [0.5, 0.6) is 5.75 Å². The Bertz CT molecular complexity index is 3830. The molecule has 8 rings (SSSR count). The Morgan fingerprint density at radius 2 is 0.827 bits per heavy atom. The van der Waals surface area contributed by atoms with Crippen LogP contribution in [-0.2, 0) is 12.8 Å². The molecule has 0 heterocycles. The lowest BCUT2D eigenvalue weighted by Gasteiger charge is -2.21. The first kappa shape index (κ1) is 55.3. The zero-order chi connectivity index (χ0) is 58.1. The molecule has 404 valence electrons. The van der Waals surface area contributed by atoms with Crippen LogP contribution < -0.4 is 0 Å². The molecular formula is C51H35N15O15. The summed E-state index contributed by atoms with van der Waals surface area (Å²) in [4.78, 5) is 76.0. The van der Waals surface area contributed by atoms with Gasteiger partial charge < -0.3 is 5.11 Å². The summed E-state index contributed by atoms with van der Waals surface area (Å²) >= 11 is 0. The summed E-state index contributed by atoms with van der Waals surface area (Å²) in [5.41, 5.74) is -1.86. The van der Waals surface area contributed by atoms with E-state index in [9.17, 15) is 75.9 Å². The molecule has 2 unspecified atom stereocenters. The summed E-state index contributed by atoms with van der Waals surface area (Å²) in [7, 11) is 0. The predicted molar refractivity (Wildman–Crippen MR) is 284 cm³/mol. The number of non-ortho nitro benzene ring substituents is 7. The van der Waals surface area contributed by atoms with Crippen molar-refractivity contribution in [2.45, 2.75) is 32.1 Å². The van der Waals surface area contributed by atoms with Gasteiger partial charge in [-0.2, -0.15) is 40.9 Å². The second-order valence-electron chi connectivity index (χ2n) is 17.8. The number of allylic oxidation sites excluding steroid dienone is 9. The molecular weight excluding hydrogens is 1060 g/mol. The molecule has 0 fully saturated rings. The van der Waals surface area contributed by atoms with Crippen molar-refractivity contribution in [3.63, 3.8) is 0 Å². The average molecular weight is 1100 g/mol. The van der Waals surface area contributed by atoms with Crippen molar-refractivity contribution in [2.24, 2.45) is 52.7 Å². The Labute approximate surface area is 452 Å². The highest BCUT2D eigenvalue weighted by atomic mass is 16.7. The number of rotatable bonds is 15. The Morgan fingerprint density at radius 3 is 1.27 bits per heavy atom. The quantitative estimate of drug-likeness (QED) is 0.0440. The normalized spacial score (nSPS) is 17.7. The molecule has 0 aromatic heterocycles. The van der Waals surface area contributed by atoms with Crippen molar-refractivity contribution < 1.29 is 39.6 Å². The Balaban J connectivity index is 1.27. The van der Waals surface area contributed by atoms with Crippen LogP contribution in [0.1, 0.15) is 30.4 Å². The fourth-order valence-electron chi connectivity index (χ4n) is 8.58. The minimum atomic E-state index is -0.836. The van der Waals surface area contributed by atoms with Gasteiger partial charge in [0, 0.05) is 77.9 Å². The molecule has 0 radical (unpaired) electrons. The van der Waals surface area contributed by atoms with E-state index in [1.807, 2.05) is 0 Å². The smallest absolute Gasteiger partial charge is 0.278 e. The lowest BCUT2D eigenvalue weighted by atomic mass is 9.83. The number of aromatic hydroxyl groups is 1. The third kappa shape index (κ3) is 13.9. The van der Waals surface area contributed by atoms with E-state index in [0.29, 0.717) is 16.7 Å². The van der Waals surface area contributed by atoms with Gasteiger partial charge in [0.2, 0.25) is 0 Å². The molecule has 30 nitrogen and oxygen atoms in total. The van der Waals surface area contributed by atoms with Crippen molar-refractivity contribution in [2.75, 3.05) is 0 Å². The van der Waals surface area contributed by atoms with E-state index in [-0.39, 0.29) is 100 Å². The van der Waals surface area contributed by atoms with Crippen LogP contribution in [0.3, 0.4) is 0 Å². The maximum atomic E-state index is 12.1. The first-order chi connectivity index (χ1) is 38.7. The summed E-state index contributed by atoms with van der Waals surface area (Å²) in [6, 6.07) is 16.5. The standard InChI is InChI=1S/C51H35N15O15/c1-2-29-9-31-14-39(55-58-42-22-47(63(74)75)27-48(23-42)64(76)77)15-32(31)11-33-16-40(56-59-43-24-49(65(78)79)28-50(25-43)66(80)81)17-34(33)12-35-18-38(54-57-41-20-45(61(70)71)26-46(21-41)62(72)73)13-30(51(35)67)5-3-6-36(10-29)52-53-37-7-4-8-44(19-37)60(68)69/h1,4,6-8,10,13-28,32-33,67H,3,5,9,11-12H2/b29-10+,36-6+,53-52?,57-54?,58-55?,59-56?. The third-order valence-corrected chi connectivity index (χ3v) is 12.3. The van der Waals surface area contributed by atoms with Gasteiger partial charge in [0.25, 0.3) is 39.8 Å². The van der Waals surface area contributed by atoms with E-state index in [4.69, 9.17) is 6.42 Å². The molecule has 0 saturated heterocycles. The molecule has 2 bridgehead atoms. The minimum absolute atomic E-state index is 0.0537. The highest BCUT2D eigenvalue weighted by Gasteiger charge is 2.30. The van der Waals surface area contributed by atoms with Crippen molar-refractivity contribution in [1.29, 1.82) is 0 Å². The Hall–Kier alpha value is -11.9. The van der Waals surface area contributed by atoms with Crippen LogP contribution in [0.4, 0.5) is 68.2 Å². The second-order valence-corrected chi connectivity index (χ2v) is 17.8. The lowest BCUT2D eigenvalue weighted by Crippen LogP contribution is -2.10. The van der Waals surface area contributed by atoms with Crippen molar-refractivity contribution >= 4 is 68.2 Å². The fraction of sp³-hybridized carbons (Fsp3) is 0.137. The zero-order valence-electron chi connectivity index (χ0n) is 41.3. The topological polar surface area (TPSA) is 421 Å². The van der Waals surface area contributed by atoms with Crippen molar-refractivity contribution in [1.82, 2.24) is 0 Å². The predicted octanol–water partition coefficient (Wildman–Crippen LogP) is 14.1. The number of azo groups is 4. The number of nitro groups is 7. The number of aryl methyl sites for hydroxylation is 1. The molecule has 30 heteroatoms. The average Bonchev–Trinajstić information content (AvgIpc) is 4.08. The van der Waals surface area contributed by atoms with Crippen LogP contribution >= 0.6 is 0 Å². The number of benzene rings is 5. The number of terminal acetylenes is 1. The molecule has 0 saturated carbocycles. The second kappa shape index (κ2) is 24.0. The number of phenolic OH excluding ortho intramolecular Hbond substituents is 1. The van der Waals surface area contributed by atoms with Gasteiger partial charge in [-0.3, -0.25) is 70.8 Å². The monoisotopic (exact) mass is 1100 g/mol. The molecule has 3 aliphatic carbocycles. The van der Waals surface area contributed by atoms with E-state index < -0.39 is 80.4 Å². The van der Waals surface area contributed by atoms with Gasteiger partial charge in [-0.25, -0.2) is 0 Å². The molecule has 0 amide bonds. The lowest BCUT2D eigenvalue weighted by molar-refractivity contribution is -0.394. The molecule has 1 N–H and O–H groups in total. The number of hydrogen-bond acceptors (Lipinski definition) is 23. The number of hydrogen-bond donors (Lipinski definition) is 1. The summed E-state index contributed by atoms with van der Waals surface area (Å²) in [6.07, 6.45) is 16.3.